The molecular weight excluding hydrogens is 162 g/mol. The molecule has 0 aliphatic heterocycles. The first-order chi connectivity index (χ1) is 5.77. The summed E-state index contributed by atoms with van der Waals surface area (Å²) in [5.41, 5.74) is 0. The topological polar surface area (TPSA) is 34.4 Å². The molecule has 2 nitrogen and oxygen atoms in total. The lowest BCUT2D eigenvalue weighted by Crippen LogP contribution is -3.15. The van der Waals surface area contributed by atoms with Gasteiger partial charge < -0.3 is 10.4 Å². The molecule has 1 saturated carbocycles. The Balaban J connectivity index is 0.00000144. The van der Waals surface area contributed by atoms with Gasteiger partial charge in [-0.2, -0.15) is 0 Å². The molecular formula is C11H25NO. The van der Waals surface area contributed by atoms with Crippen LogP contribution in [0.5, 0.6) is 0 Å². The highest BCUT2D eigenvalue weighted by molar-refractivity contribution is 4.68. The van der Waals surface area contributed by atoms with Gasteiger partial charge in [-0.25, -0.2) is 0 Å². The molecule has 1 aliphatic carbocycles. The van der Waals surface area contributed by atoms with Gasteiger partial charge in [0.15, 0.2) is 0 Å². The van der Waals surface area contributed by atoms with E-state index in [9.17, 15) is 0 Å². The van der Waals surface area contributed by atoms with E-state index in [0.717, 1.165) is 12.0 Å². The largest absolute Gasteiger partial charge is 0.870 e. The highest BCUT2D eigenvalue weighted by Crippen LogP contribution is 2.21. The summed E-state index contributed by atoms with van der Waals surface area (Å²) in [4.78, 5) is 1.82. The number of rotatable bonds is 3. The van der Waals surface area contributed by atoms with Crippen LogP contribution < -0.4 is 4.90 Å². The lowest BCUT2D eigenvalue weighted by molar-refractivity contribution is -0.923. The van der Waals surface area contributed by atoms with Gasteiger partial charge in [-0.05, 0) is 45.4 Å². The molecule has 0 aromatic heterocycles. The van der Waals surface area contributed by atoms with Crippen molar-refractivity contribution in [1.29, 1.82) is 0 Å². The Hall–Kier alpha value is -0.0800. The molecule has 0 bridgehead atoms. The summed E-state index contributed by atoms with van der Waals surface area (Å²) in [5.74, 6) is 0.996. The molecule has 0 radical (unpaired) electrons. The van der Waals surface area contributed by atoms with E-state index in [-0.39, 0.29) is 5.48 Å². The van der Waals surface area contributed by atoms with Crippen LogP contribution in [0.25, 0.3) is 0 Å². The summed E-state index contributed by atoms with van der Waals surface area (Å²) < 4.78 is 0. The van der Waals surface area contributed by atoms with Crippen molar-refractivity contribution in [1.82, 2.24) is 0 Å². The lowest BCUT2D eigenvalue weighted by Gasteiger charge is -2.32. The van der Waals surface area contributed by atoms with Crippen LogP contribution in [0.4, 0.5) is 0 Å². The highest BCUT2D eigenvalue weighted by atomic mass is 16.0. The van der Waals surface area contributed by atoms with Crippen molar-refractivity contribution in [3.63, 3.8) is 0 Å². The minimum atomic E-state index is 0. The smallest absolute Gasteiger partial charge is 0.0874 e. The fraction of sp³-hybridized carbons (Fsp3) is 1.00. The predicted octanol–water partition coefficient (Wildman–Crippen LogP) is 1.31. The molecule has 0 heterocycles. The molecule has 0 unspecified atom stereocenters. The summed E-state index contributed by atoms with van der Waals surface area (Å²) >= 11 is 0. The molecule has 0 saturated heterocycles. The maximum absolute atomic E-state index is 2.40. The van der Waals surface area contributed by atoms with Gasteiger partial charge in [-0.1, -0.05) is 6.92 Å². The van der Waals surface area contributed by atoms with Crippen molar-refractivity contribution in [2.45, 2.75) is 52.5 Å². The first-order valence-corrected chi connectivity index (χ1v) is 5.62. The van der Waals surface area contributed by atoms with Gasteiger partial charge in [0.2, 0.25) is 0 Å². The average molecular weight is 187 g/mol. The molecule has 2 heteroatoms. The Kier molecular flexibility index (Phi) is 6.35. The monoisotopic (exact) mass is 187 g/mol. The summed E-state index contributed by atoms with van der Waals surface area (Å²) in [7, 11) is 0. The van der Waals surface area contributed by atoms with Crippen LogP contribution in [-0.2, 0) is 0 Å². The van der Waals surface area contributed by atoms with Crippen LogP contribution in [0.15, 0.2) is 0 Å². The molecule has 0 amide bonds. The fourth-order valence-corrected chi connectivity index (χ4v) is 2.50. The van der Waals surface area contributed by atoms with E-state index in [1.54, 1.807) is 0 Å². The highest BCUT2D eigenvalue weighted by Gasteiger charge is 2.24. The third-order valence-electron chi connectivity index (χ3n) is 3.50. The zero-order valence-corrected chi connectivity index (χ0v) is 9.34. The van der Waals surface area contributed by atoms with E-state index in [2.05, 4.69) is 20.8 Å². The van der Waals surface area contributed by atoms with Crippen LogP contribution in [0.3, 0.4) is 0 Å². The summed E-state index contributed by atoms with van der Waals surface area (Å²) in [6.45, 7) is 9.66. The second kappa shape index (κ2) is 6.39. The van der Waals surface area contributed by atoms with E-state index in [0.29, 0.717) is 0 Å². The quantitative estimate of drug-likeness (QED) is 0.710. The van der Waals surface area contributed by atoms with Crippen LogP contribution in [-0.4, -0.2) is 24.6 Å². The van der Waals surface area contributed by atoms with Gasteiger partial charge in [0, 0.05) is 0 Å². The fourth-order valence-electron chi connectivity index (χ4n) is 2.50. The van der Waals surface area contributed by atoms with Gasteiger partial charge in [0.1, 0.15) is 0 Å². The zero-order valence-electron chi connectivity index (χ0n) is 9.34. The minimum absolute atomic E-state index is 0. The Morgan fingerprint density at radius 3 is 1.85 bits per heavy atom. The average Bonchev–Trinajstić information content (AvgIpc) is 2.10. The lowest BCUT2D eigenvalue weighted by atomic mass is 9.86. The molecule has 0 atom stereocenters. The SMILES string of the molecule is CC[NH+](CC)C1CCC(C)CC1.[OH-]. The molecule has 1 rings (SSSR count). The first kappa shape index (κ1) is 12.9. The third kappa shape index (κ3) is 3.65. The number of quaternary nitrogens is 1. The predicted molar refractivity (Wildman–Crippen MR) is 55.4 cm³/mol. The van der Waals surface area contributed by atoms with E-state index >= 15 is 0 Å². The van der Waals surface area contributed by atoms with E-state index in [1.807, 2.05) is 4.90 Å². The molecule has 1 fully saturated rings. The van der Waals surface area contributed by atoms with Crippen molar-refractivity contribution in [3.05, 3.63) is 0 Å². The van der Waals surface area contributed by atoms with E-state index < -0.39 is 0 Å². The van der Waals surface area contributed by atoms with E-state index in [4.69, 9.17) is 0 Å². The Morgan fingerprint density at radius 2 is 1.46 bits per heavy atom. The van der Waals surface area contributed by atoms with Crippen LogP contribution >= 0.6 is 0 Å². The molecule has 0 spiro atoms. The van der Waals surface area contributed by atoms with Gasteiger partial charge in [-0.3, -0.25) is 0 Å². The molecule has 0 aromatic rings. The van der Waals surface area contributed by atoms with Crippen LogP contribution in [0, 0.1) is 5.92 Å². The Morgan fingerprint density at radius 1 is 1.00 bits per heavy atom. The molecule has 13 heavy (non-hydrogen) atoms. The van der Waals surface area contributed by atoms with Gasteiger partial charge in [0.25, 0.3) is 0 Å². The van der Waals surface area contributed by atoms with Crippen molar-refractivity contribution in [3.8, 4) is 0 Å². The number of hydrogen-bond donors (Lipinski definition) is 1. The number of nitrogens with one attached hydrogen (secondary N) is 1. The van der Waals surface area contributed by atoms with Gasteiger partial charge in [-0.15, -0.1) is 0 Å². The molecule has 2 N–H and O–H groups in total. The van der Waals surface area contributed by atoms with Crippen molar-refractivity contribution in [2.75, 3.05) is 13.1 Å². The molecule has 0 aromatic carbocycles. The second-order valence-corrected chi connectivity index (χ2v) is 4.32. The van der Waals surface area contributed by atoms with Crippen LogP contribution in [0.1, 0.15) is 46.5 Å². The van der Waals surface area contributed by atoms with Crippen molar-refractivity contribution in [2.24, 2.45) is 5.92 Å². The first-order valence-electron chi connectivity index (χ1n) is 5.62. The maximum atomic E-state index is 2.40. The standard InChI is InChI=1S/C11H23N.H2O/c1-4-12(5-2)11-8-6-10(3)7-9-11;/h10-11H,4-9H2,1-3H3;1H2. The Labute approximate surface area is 82.6 Å². The number of hydrogen-bond acceptors (Lipinski definition) is 1. The molecule has 1 aliphatic rings. The van der Waals surface area contributed by atoms with E-state index in [1.165, 1.54) is 38.8 Å². The summed E-state index contributed by atoms with van der Waals surface area (Å²) in [6, 6.07) is 0.983. The van der Waals surface area contributed by atoms with Crippen molar-refractivity contribution < 1.29 is 10.4 Å². The third-order valence-corrected chi connectivity index (χ3v) is 3.50. The van der Waals surface area contributed by atoms with Crippen LogP contribution in [0.2, 0.25) is 0 Å². The van der Waals surface area contributed by atoms with Crippen molar-refractivity contribution >= 4 is 0 Å². The van der Waals surface area contributed by atoms with Gasteiger partial charge >= 0.3 is 0 Å². The zero-order chi connectivity index (χ0) is 8.97. The van der Waals surface area contributed by atoms with Gasteiger partial charge in [0.05, 0.1) is 19.1 Å². The summed E-state index contributed by atoms with van der Waals surface area (Å²) in [6.07, 6.45) is 5.87. The minimum Gasteiger partial charge on any atom is -0.870 e. The Bertz CT molecular complexity index is 115. The normalized spacial score (nSPS) is 28.6. The molecule has 80 valence electrons. The summed E-state index contributed by atoms with van der Waals surface area (Å²) in [5, 5.41) is 0. The second-order valence-electron chi connectivity index (χ2n) is 4.32. The maximum Gasteiger partial charge on any atom is 0.0874 e.